The molecule has 0 fully saturated rings. The quantitative estimate of drug-likeness (QED) is 0.664. The Hall–Kier alpha value is -3.54. The van der Waals surface area contributed by atoms with Crippen LogP contribution in [0.2, 0.25) is 0 Å². The molecule has 0 saturated heterocycles. The summed E-state index contributed by atoms with van der Waals surface area (Å²) in [5.74, 6) is -0.432. The largest absolute Gasteiger partial charge is 0.467 e. The Bertz CT molecular complexity index is 906. The first kappa shape index (κ1) is 20.8. The van der Waals surface area contributed by atoms with Crippen molar-refractivity contribution in [2.24, 2.45) is 0 Å². The molecule has 0 aliphatic carbocycles. The minimum atomic E-state index is -0.609. The molecule has 2 aromatic heterocycles. The van der Waals surface area contributed by atoms with Crippen molar-refractivity contribution < 1.29 is 23.5 Å². The maximum absolute atomic E-state index is 12.2. The summed E-state index contributed by atoms with van der Waals surface area (Å²) < 4.78 is 12.0. The van der Waals surface area contributed by atoms with Gasteiger partial charge >= 0.3 is 5.97 Å². The number of carbonyl (C=O) groups excluding carboxylic acids is 3. The van der Waals surface area contributed by atoms with Gasteiger partial charge in [0, 0.05) is 19.2 Å². The number of anilines is 1. The highest BCUT2D eigenvalue weighted by Gasteiger charge is 2.20. The molecule has 0 unspecified atom stereocenters. The number of hydrogen-bond donors (Lipinski definition) is 2. The van der Waals surface area contributed by atoms with Crippen molar-refractivity contribution in [1.29, 1.82) is 5.26 Å². The summed E-state index contributed by atoms with van der Waals surface area (Å²) >= 11 is 0. The van der Waals surface area contributed by atoms with Crippen molar-refractivity contribution in [2.45, 2.75) is 33.7 Å². The van der Waals surface area contributed by atoms with Gasteiger partial charge in [0.25, 0.3) is 5.91 Å². The summed E-state index contributed by atoms with van der Waals surface area (Å²) in [5.41, 5.74) is 1.90. The van der Waals surface area contributed by atoms with E-state index in [9.17, 15) is 19.6 Å². The van der Waals surface area contributed by atoms with Crippen molar-refractivity contribution in [3.8, 4) is 6.07 Å². The fraction of sp³-hybridized carbons (Fsp3) is 0.368. The zero-order chi connectivity index (χ0) is 20.7. The lowest BCUT2D eigenvalue weighted by Gasteiger charge is -2.12. The molecular formula is C19H22N4O5. The molecule has 148 valence electrons. The van der Waals surface area contributed by atoms with Crippen molar-refractivity contribution >= 4 is 23.6 Å². The number of nitriles is 1. The lowest BCUT2D eigenvalue weighted by atomic mass is 10.2. The summed E-state index contributed by atoms with van der Waals surface area (Å²) in [6.45, 7) is 4.97. The van der Waals surface area contributed by atoms with Gasteiger partial charge in [0.1, 0.15) is 17.6 Å². The lowest BCUT2D eigenvalue weighted by Crippen LogP contribution is -2.26. The van der Waals surface area contributed by atoms with Gasteiger partial charge in [-0.1, -0.05) is 0 Å². The molecule has 2 aromatic rings. The van der Waals surface area contributed by atoms with Gasteiger partial charge in [0.2, 0.25) is 5.91 Å². The smallest absolute Gasteiger partial charge is 0.308 e. The van der Waals surface area contributed by atoms with Crippen molar-refractivity contribution in [3.05, 3.63) is 41.0 Å². The minimum Gasteiger partial charge on any atom is -0.467 e. The number of ether oxygens (including phenoxy) is 1. The first-order valence-electron chi connectivity index (χ1n) is 8.65. The molecule has 2 heterocycles. The van der Waals surface area contributed by atoms with Crippen LogP contribution in [0.4, 0.5) is 5.82 Å². The summed E-state index contributed by atoms with van der Waals surface area (Å²) in [6.07, 6.45) is 1.51. The third-order valence-electron chi connectivity index (χ3n) is 4.16. The highest BCUT2D eigenvalue weighted by molar-refractivity contribution is 5.93. The molecule has 0 bridgehead atoms. The third-order valence-corrected chi connectivity index (χ3v) is 4.16. The molecule has 0 atom stereocenters. The Morgan fingerprint density at radius 1 is 1.32 bits per heavy atom. The van der Waals surface area contributed by atoms with Gasteiger partial charge in [0.05, 0.1) is 24.8 Å². The molecule has 2 N–H and O–H groups in total. The highest BCUT2D eigenvalue weighted by Crippen LogP contribution is 2.27. The molecule has 0 saturated carbocycles. The fourth-order valence-electron chi connectivity index (χ4n) is 2.61. The molecule has 28 heavy (non-hydrogen) atoms. The van der Waals surface area contributed by atoms with E-state index in [2.05, 4.69) is 16.7 Å². The van der Waals surface area contributed by atoms with Crippen LogP contribution in [0, 0.1) is 25.2 Å². The van der Waals surface area contributed by atoms with Crippen LogP contribution in [0.3, 0.4) is 0 Å². The van der Waals surface area contributed by atoms with Crippen LogP contribution in [-0.2, 0) is 25.7 Å². The number of aromatic nitrogens is 1. The van der Waals surface area contributed by atoms with E-state index in [4.69, 9.17) is 9.15 Å². The average Bonchev–Trinajstić information content (AvgIpc) is 3.23. The van der Waals surface area contributed by atoms with Gasteiger partial charge in [0.15, 0.2) is 6.61 Å². The summed E-state index contributed by atoms with van der Waals surface area (Å²) in [4.78, 5) is 34.6. The zero-order valence-electron chi connectivity index (χ0n) is 16.0. The second kappa shape index (κ2) is 9.41. The molecule has 9 nitrogen and oxygen atoms in total. The van der Waals surface area contributed by atoms with Crippen molar-refractivity contribution in [3.63, 3.8) is 0 Å². The molecule has 0 aliphatic heterocycles. The first-order chi connectivity index (χ1) is 13.3. The Labute approximate surface area is 162 Å². The van der Waals surface area contributed by atoms with Gasteiger partial charge in [-0.25, -0.2) is 0 Å². The standard InChI is InChI=1S/C19H22N4O5/c1-12-13(2)23(10-15-5-4-8-27-15)19(16(12)9-20)22-17(25)11-28-18(26)6-7-21-14(3)24/h4-5,8H,6-7,10-11H2,1-3H3,(H,21,24)(H,22,25). The maximum Gasteiger partial charge on any atom is 0.308 e. The molecule has 2 rings (SSSR count). The van der Waals surface area contributed by atoms with E-state index in [1.54, 1.807) is 29.9 Å². The van der Waals surface area contributed by atoms with E-state index in [1.165, 1.54) is 6.92 Å². The van der Waals surface area contributed by atoms with E-state index in [0.29, 0.717) is 23.7 Å². The number of rotatable bonds is 8. The number of hydrogen-bond acceptors (Lipinski definition) is 6. The van der Waals surface area contributed by atoms with Crippen LogP contribution in [-0.4, -0.2) is 35.5 Å². The molecule has 0 radical (unpaired) electrons. The normalized spacial score (nSPS) is 10.2. The van der Waals surface area contributed by atoms with Gasteiger partial charge in [-0.2, -0.15) is 5.26 Å². The Balaban J connectivity index is 2.05. The van der Waals surface area contributed by atoms with Gasteiger partial charge in [-0.3, -0.25) is 14.4 Å². The van der Waals surface area contributed by atoms with Crippen LogP contribution in [0.5, 0.6) is 0 Å². The lowest BCUT2D eigenvalue weighted by molar-refractivity contribution is -0.147. The highest BCUT2D eigenvalue weighted by atomic mass is 16.5. The molecule has 0 spiro atoms. The third kappa shape index (κ3) is 5.23. The fourth-order valence-corrected chi connectivity index (χ4v) is 2.61. The van der Waals surface area contributed by atoms with E-state index in [1.807, 2.05) is 6.92 Å². The van der Waals surface area contributed by atoms with Crippen molar-refractivity contribution in [1.82, 2.24) is 9.88 Å². The van der Waals surface area contributed by atoms with Crippen molar-refractivity contribution in [2.75, 3.05) is 18.5 Å². The van der Waals surface area contributed by atoms with Crippen LogP contribution in [0.25, 0.3) is 0 Å². The number of furan rings is 1. The molecule has 0 aromatic carbocycles. The maximum atomic E-state index is 12.2. The van der Waals surface area contributed by atoms with Crippen LogP contribution < -0.4 is 10.6 Å². The Morgan fingerprint density at radius 2 is 2.07 bits per heavy atom. The summed E-state index contributed by atoms with van der Waals surface area (Å²) in [6, 6.07) is 5.65. The van der Waals surface area contributed by atoms with Crippen LogP contribution in [0.15, 0.2) is 22.8 Å². The molecule has 0 aliphatic rings. The van der Waals surface area contributed by atoms with Crippen LogP contribution >= 0.6 is 0 Å². The molecule has 2 amide bonds. The second-order valence-corrected chi connectivity index (χ2v) is 6.15. The monoisotopic (exact) mass is 386 g/mol. The Kier molecular flexibility index (Phi) is 6.98. The van der Waals surface area contributed by atoms with E-state index in [0.717, 1.165) is 11.3 Å². The topological polar surface area (TPSA) is 126 Å². The number of nitrogens with one attached hydrogen (secondary N) is 2. The van der Waals surface area contributed by atoms with Gasteiger partial charge in [-0.15, -0.1) is 0 Å². The van der Waals surface area contributed by atoms with Gasteiger partial charge < -0.3 is 24.4 Å². The van der Waals surface area contributed by atoms with E-state index in [-0.39, 0.29) is 18.9 Å². The SMILES string of the molecule is CC(=O)NCCC(=O)OCC(=O)Nc1c(C#N)c(C)c(C)n1Cc1ccco1. The number of esters is 1. The first-order valence-corrected chi connectivity index (χ1v) is 8.65. The predicted octanol–water partition coefficient (Wildman–Crippen LogP) is 1.63. The number of nitrogens with zero attached hydrogens (tertiary/aromatic N) is 2. The number of carbonyl (C=O) groups is 3. The summed E-state index contributed by atoms with van der Waals surface area (Å²) in [7, 11) is 0. The number of amides is 2. The van der Waals surface area contributed by atoms with Gasteiger partial charge in [-0.05, 0) is 31.5 Å². The molecule has 9 heteroatoms. The van der Waals surface area contributed by atoms with E-state index >= 15 is 0 Å². The summed E-state index contributed by atoms with van der Waals surface area (Å²) in [5, 5.41) is 14.6. The van der Waals surface area contributed by atoms with E-state index < -0.39 is 18.5 Å². The molecular weight excluding hydrogens is 364 g/mol. The van der Waals surface area contributed by atoms with Crippen LogP contribution in [0.1, 0.15) is 35.9 Å². The Morgan fingerprint density at radius 3 is 2.68 bits per heavy atom. The second-order valence-electron chi connectivity index (χ2n) is 6.15. The average molecular weight is 386 g/mol. The predicted molar refractivity (Wildman–Crippen MR) is 99.3 cm³/mol. The minimum absolute atomic E-state index is 0.0383. The zero-order valence-corrected chi connectivity index (χ0v) is 16.0.